The highest BCUT2D eigenvalue weighted by Gasteiger charge is 2.27. The molecular formula is C18H28N2O4S. The maximum absolute atomic E-state index is 12.7. The van der Waals surface area contributed by atoms with Crippen LogP contribution in [0.3, 0.4) is 0 Å². The lowest BCUT2D eigenvalue weighted by molar-refractivity contribution is -0.116. The maximum atomic E-state index is 12.7. The van der Waals surface area contributed by atoms with Crippen molar-refractivity contribution in [2.75, 3.05) is 31.6 Å². The summed E-state index contributed by atoms with van der Waals surface area (Å²) >= 11 is 0. The first-order valence-electron chi connectivity index (χ1n) is 8.91. The molecule has 0 atom stereocenters. The number of hydrogen-bond acceptors (Lipinski definition) is 4. The van der Waals surface area contributed by atoms with Crippen molar-refractivity contribution >= 4 is 21.6 Å². The van der Waals surface area contributed by atoms with Gasteiger partial charge >= 0.3 is 0 Å². The minimum atomic E-state index is -3.45. The first-order valence-corrected chi connectivity index (χ1v) is 10.3. The van der Waals surface area contributed by atoms with Gasteiger partial charge in [-0.3, -0.25) is 4.79 Å². The molecule has 1 aromatic carbocycles. The Morgan fingerprint density at radius 1 is 1.24 bits per heavy atom. The van der Waals surface area contributed by atoms with Crippen LogP contribution in [0.15, 0.2) is 29.2 Å². The molecule has 1 aromatic rings. The van der Waals surface area contributed by atoms with E-state index in [-0.39, 0.29) is 10.8 Å². The fraction of sp³-hybridized carbons (Fsp3) is 0.611. The number of ether oxygens (including phenoxy) is 1. The largest absolute Gasteiger partial charge is 0.382 e. The smallest absolute Gasteiger partial charge is 0.243 e. The van der Waals surface area contributed by atoms with Crippen LogP contribution in [0.4, 0.5) is 5.69 Å². The molecule has 1 saturated heterocycles. The van der Waals surface area contributed by atoms with Gasteiger partial charge in [-0.2, -0.15) is 4.31 Å². The van der Waals surface area contributed by atoms with E-state index in [0.717, 1.165) is 12.8 Å². The molecule has 25 heavy (non-hydrogen) atoms. The summed E-state index contributed by atoms with van der Waals surface area (Å²) in [4.78, 5) is 12.1. The van der Waals surface area contributed by atoms with E-state index >= 15 is 0 Å². The predicted molar refractivity (Wildman–Crippen MR) is 98.0 cm³/mol. The van der Waals surface area contributed by atoms with Gasteiger partial charge < -0.3 is 10.1 Å². The minimum absolute atomic E-state index is 0.0969. The number of nitrogens with one attached hydrogen (secondary N) is 1. The molecule has 1 aliphatic rings. The van der Waals surface area contributed by atoms with Crippen LogP contribution in [-0.4, -0.2) is 44.9 Å². The first-order chi connectivity index (χ1) is 11.9. The van der Waals surface area contributed by atoms with Crippen LogP contribution in [0.5, 0.6) is 0 Å². The van der Waals surface area contributed by atoms with Crippen molar-refractivity contribution in [3.63, 3.8) is 0 Å². The van der Waals surface area contributed by atoms with E-state index in [0.29, 0.717) is 50.8 Å². The molecule has 2 rings (SSSR count). The minimum Gasteiger partial charge on any atom is -0.382 e. The quantitative estimate of drug-likeness (QED) is 0.716. The van der Waals surface area contributed by atoms with Gasteiger partial charge in [-0.05, 0) is 56.4 Å². The maximum Gasteiger partial charge on any atom is 0.243 e. The van der Waals surface area contributed by atoms with E-state index in [2.05, 4.69) is 12.2 Å². The second-order valence-corrected chi connectivity index (χ2v) is 8.40. The average Bonchev–Trinajstić information content (AvgIpc) is 2.60. The molecule has 1 aliphatic heterocycles. The van der Waals surface area contributed by atoms with Crippen LogP contribution in [0.2, 0.25) is 0 Å². The lowest BCUT2D eigenvalue weighted by Gasteiger charge is -2.29. The summed E-state index contributed by atoms with van der Waals surface area (Å²) in [5.74, 6) is 0.479. The number of carbonyl (C=O) groups is 1. The second kappa shape index (κ2) is 9.31. The number of sulfonamides is 1. The van der Waals surface area contributed by atoms with E-state index in [1.165, 1.54) is 0 Å². The molecule has 1 heterocycles. The Hall–Kier alpha value is -1.44. The topological polar surface area (TPSA) is 75.7 Å². The zero-order valence-corrected chi connectivity index (χ0v) is 15.8. The summed E-state index contributed by atoms with van der Waals surface area (Å²) in [6.07, 6.45) is 2.84. The Bertz CT molecular complexity index is 650. The molecule has 6 nitrogen and oxygen atoms in total. The molecule has 0 radical (unpaired) electrons. The number of carbonyl (C=O) groups excluding carboxylic acids is 1. The van der Waals surface area contributed by atoms with E-state index < -0.39 is 10.0 Å². The predicted octanol–water partition coefficient (Wildman–Crippen LogP) is 2.86. The second-order valence-electron chi connectivity index (χ2n) is 6.46. The van der Waals surface area contributed by atoms with Crippen molar-refractivity contribution in [2.24, 2.45) is 5.92 Å². The number of nitrogens with zero attached hydrogens (tertiary/aromatic N) is 1. The summed E-state index contributed by atoms with van der Waals surface area (Å²) in [7, 11) is -3.45. The number of amides is 1. The van der Waals surface area contributed by atoms with Gasteiger partial charge in [0.1, 0.15) is 0 Å². The van der Waals surface area contributed by atoms with Crippen LogP contribution in [0, 0.1) is 5.92 Å². The molecule has 0 aliphatic carbocycles. The highest BCUT2D eigenvalue weighted by molar-refractivity contribution is 7.89. The molecule has 0 spiro atoms. The van der Waals surface area contributed by atoms with Gasteiger partial charge in [0.25, 0.3) is 0 Å². The molecule has 0 aromatic heterocycles. The van der Waals surface area contributed by atoms with Gasteiger partial charge in [0.15, 0.2) is 0 Å². The Labute approximate surface area is 150 Å². The molecular weight excluding hydrogens is 340 g/mol. The van der Waals surface area contributed by atoms with Crippen LogP contribution < -0.4 is 5.32 Å². The SMILES string of the molecule is CCOCCCC(=O)Nc1ccc(S(=O)(=O)N2CCC(C)CC2)cc1. The number of benzene rings is 1. The van der Waals surface area contributed by atoms with Gasteiger partial charge in [0.2, 0.25) is 15.9 Å². The van der Waals surface area contributed by atoms with Gasteiger partial charge in [-0.25, -0.2) is 8.42 Å². The van der Waals surface area contributed by atoms with Gasteiger partial charge in [-0.15, -0.1) is 0 Å². The monoisotopic (exact) mass is 368 g/mol. The Balaban J connectivity index is 1.91. The number of anilines is 1. The fourth-order valence-electron chi connectivity index (χ4n) is 2.79. The van der Waals surface area contributed by atoms with Crippen LogP contribution in [0.1, 0.15) is 39.5 Å². The standard InChI is InChI=1S/C18H28N2O4S/c1-3-24-14-4-5-18(21)19-16-6-8-17(9-7-16)25(22,23)20-12-10-15(2)11-13-20/h6-9,15H,3-5,10-14H2,1-2H3,(H,19,21). The molecule has 1 fully saturated rings. The third-order valence-electron chi connectivity index (χ3n) is 4.42. The highest BCUT2D eigenvalue weighted by atomic mass is 32.2. The van der Waals surface area contributed by atoms with Crippen LogP contribution in [-0.2, 0) is 19.6 Å². The van der Waals surface area contributed by atoms with Crippen molar-refractivity contribution in [3.8, 4) is 0 Å². The Morgan fingerprint density at radius 2 is 1.88 bits per heavy atom. The summed E-state index contributed by atoms with van der Waals surface area (Å²) in [6, 6.07) is 6.39. The van der Waals surface area contributed by atoms with Gasteiger partial charge in [0.05, 0.1) is 4.90 Å². The van der Waals surface area contributed by atoms with Crippen LogP contribution >= 0.6 is 0 Å². The molecule has 1 N–H and O–H groups in total. The molecule has 1 amide bonds. The average molecular weight is 368 g/mol. The normalized spacial score (nSPS) is 16.7. The third-order valence-corrected chi connectivity index (χ3v) is 6.33. The zero-order valence-electron chi connectivity index (χ0n) is 15.0. The van der Waals surface area contributed by atoms with Crippen molar-refractivity contribution in [2.45, 2.75) is 44.4 Å². The number of piperidine rings is 1. The van der Waals surface area contributed by atoms with Gasteiger partial charge in [-0.1, -0.05) is 6.92 Å². The van der Waals surface area contributed by atoms with Crippen molar-refractivity contribution in [3.05, 3.63) is 24.3 Å². The fourth-order valence-corrected chi connectivity index (χ4v) is 4.26. The summed E-state index contributed by atoms with van der Waals surface area (Å²) in [5.41, 5.74) is 0.604. The Kier molecular flexibility index (Phi) is 7.40. The summed E-state index contributed by atoms with van der Waals surface area (Å²) in [6.45, 7) is 6.42. The molecule has 0 unspecified atom stereocenters. The van der Waals surface area contributed by atoms with Crippen LogP contribution in [0.25, 0.3) is 0 Å². The van der Waals surface area contributed by atoms with Crippen molar-refractivity contribution in [1.82, 2.24) is 4.31 Å². The number of hydrogen-bond donors (Lipinski definition) is 1. The highest BCUT2D eigenvalue weighted by Crippen LogP contribution is 2.24. The van der Waals surface area contributed by atoms with E-state index in [4.69, 9.17) is 4.74 Å². The van der Waals surface area contributed by atoms with Gasteiger partial charge in [0, 0.05) is 38.4 Å². The van der Waals surface area contributed by atoms with E-state index in [1.54, 1.807) is 28.6 Å². The lowest BCUT2D eigenvalue weighted by Crippen LogP contribution is -2.37. The summed E-state index contributed by atoms with van der Waals surface area (Å²) < 4.78 is 32.1. The molecule has 140 valence electrons. The molecule has 0 saturated carbocycles. The van der Waals surface area contributed by atoms with Crippen molar-refractivity contribution < 1.29 is 17.9 Å². The lowest BCUT2D eigenvalue weighted by atomic mass is 10.0. The van der Waals surface area contributed by atoms with Crippen molar-refractivity contribution in [1.29, 1.82) is 0 Å². The molecule has 0 bridgehead atoms. The number of rotatable bonds is 8. The van der Waals surface area contributed by atoms with E-state index in [1.807, 2.05) is 6.92 Å². The first kappa shape index (κ1) is 19.9. The Morgan fingerprint density at radius 3 is 2.48 bits per heavy atom. The zero-order chi connectivity index (χ0) is 18.3. The van der Waals surface area contributed by atoms with E-state index in [9.17, 15) is 13.2 Å². The summed E-state index contributed by atoms with van der Waals surface area (Å²) in [5, 5.41) is 2.78. The molecule has 7 heteroatoms. The third kappa shape index (κ3) is 5.80.